The lowest BCUT2D eigenvalue weighted by molar-refractivity contribution is 0.975. The number of hydrogen-bond acceptors (Lipinski definition) is 4. The van der Waals surface area contributed by atoms with Crippen LogP contribution in [-0.4, -0.2) is 16.5 Å². The van der Waals surface area contributed by atoms with E-state index in [9.17, 15) is 0 Å². The van der Waals surface area contributed by atoms with Crippen LogP contribution in [0.25, 0.3) is 10.9 Å². The van der Waals surface area contributed by atoms with Crippen LogP contribution in [0.1, 0.15) is 5.56 Å². The molecule has 20 heavy (non-hydrogen) atoms. The van der Waals surface area contributed by atoms with Crippen molar-refractivity contribution in [1.29, 1.82) is 0 Å². The minimum Gasteiger partial charge on any atom is -0.399 e. The molecule has 2 N–H and O–H groups in total. The molecular formula is C16H14N4. The Balaban J connectivity index is 1.92. The fourth-order valence-corrected chi connectivity index (χ4v) is 2.83. The molecule has 98 valence electrons. The zero-order valence-corrected chi connectivity index (χ0v) is 11.0. The van der Waals surface area contributed by atoms with Crippen molar-refractivity contribution in [2.75, 3.05) is 17.2 Å². The second-order valence-electron chi connectivity index (χ2n) is 5.00. The van der Waals surface area contributed by atoms with Gasteiger partial charge < -0.3 is 10.6 Å². The summed E-state index contributed by atoms with van der Waals surface area (Å²) in [5, 5.41) is 1.04. The van der Waals surface area contributed by atoms with E-state index in [1.165, 1.54) is 11.3 Å². The number of aromatic nitrogens is 2. The van der Waals surface area contributed by atoms with Crippen molar-refractivity contribution in [1.82, 2.24) is 9.97 Å². The molecule has 0 unspecified atom stereocenters. The minimum absolute atomic E-state index is 0.726. The molecule has 0 saturated heterocycles. The van der Waals surface area contributed by atoms with Crippen LogP contribution in [0.15, 0.2) is 48.8 Å². The molecule has 0 amide bonds. The molecule has 1 aliphatic rings. The van der Waals surface area contributed by atoms with E-state index in [2.05, 4.69) is 39.1 Å². The van der Waals surface area contributed by atoms with Crippen LogP contribution in [0.3, 0.4) is 0 Å². The molecule has 4 rings (SSSR count). The Morgan fingerprint density at radius 2 is 1.95 bits per heavy atom. The fourth-order valence-electron chi connectivity index (χ4n) is 2.83. The molecule has 0 saturated carbocycles. The van der Waals surface area contributed by atoms with Gasteiger partial charge in [-0.25, -0.2) is 9.97 Å². The summed E-state index contributed by atoms with van der Waals surface area (Å²) in [4.78, 5) is 11.1. The third kappa shape index (κ3) is 1.61. The molecule has 0 spiro atoms. The normalized spacial score (nSPS) is 13.7. The second-order valence-corrected chi connectivity index (χ2v) is 5.00. The van der Waals surface area contributed by atoms with Crippen molar-refractivity contribution in [2.45, 2.75) is 6.42 Å². The Morgan fingerprint density at radius 3 is 2.90 bits per heavy atom. The number of nitrogens with two attached hydrogens (primary N) is 1. The Morgan fingerprint density at radius 1 is 1.05 bits per heavy atom. The zero-order chi connectivity index (χ0) is 13.5. The van der Waals surface area contributed by atoms with Gasteiger partial charge in [0.05, 0.1) is 5.52 Å². The third-order valence-corrected chi connectivity index (χ3v) is 3.78. The van der Waals surface area contributed by atoms with E-state index in [1.807, 2.05) is 18.2 Å². The van der Waals surface area contributed by atoms with Gasteiger partial charge in [0.15, 0.2) is 0 Å². The molecule has 0 aliphatic carbocycles. The lowest BCUT2D eigenvalue weighted by Crippen LogP contribution is -2.15. The highest BCUT2D eigenvalue weighted by Gasteiger charge is 2.22. The quantitative estimate of drug-likeness (QED) is 0.685. The Kier molecular flexibility index (Phi) is 2.36. The van der Waals surface area contributed by atoms with Crippen molar-refractivity contribution in [3.8, 4) is 0 Å². The number of rotatable bonds is 1. The van der Waals surface area contributed by atoms with Gasteiger partial charge in [0.25, 0.3) is 0 Å². The number of para-hydroxylation sites is 1. The maximum Gasteiger partial charge on any atom is 0.144 e. The minimum atomic E-state index is 0.726. The van der Waals surface area contributed by atoms with Crippen LogP contribution in [0, 0.1) is 0 Å². The number of hydrogen-bond donors (Lipinski definition) is 1. The largest absolute Gasteiger partial charge is 0.399 e. The molecule has 0 radical (unpaired) electrons. The predicted molar refractivity (Wildman–Crippen MR) is 81.1 cm³/mol. The van der Waals surface area contributed by atoms with Gasteiger partial charge in [0.2, 0.25) is 0 Å². The third-order valence-electron chi connectivity index (χ3n) is 3.78. The van der Waals surface area contributed by atoms with Gasteiger partial charge in [0.1, 0.15) is 12.1 Å². The first-order valence-electron chi connectivity index (χ1n) is 6.68. The summed E-state index contributed by atoms with van der Waals surface area (Å²) in [5.41, 5.74) is 10.1. The summed E-state index contributed by atoms with van der Waals surface area (Å²) in [6.45, 7) is 0.954. The lowest BCUT2D eigenvalue weighted by Gasteiger charge is -2.19. The molecular weight excluding hydrogens is 248 g/mol. The van der Waals surface area contributed by atoms with Gasteiger partial charge in [-0.15, -0.1) is 0 Å². The Labute approximate surface area is 116 Å². The molecule has 3 aromatic rings. The molecule has 4 heteroatoms. The van der Waals surface area contributed by atoms with E-state index in [1.54, 1.807) is 6.33 Å². The van der Waals surface area contributed by atoms with E-state index in [4.69, 9.17) is 5.73 Å². The molecule has 2 heterocycles. The van der Waals surface area contributed by atoms with Crippen LogP contribution < -0.4 is 10.6 Å². The fraction of sp³-hybridized carbons (Fsp3) is 0.125. The predicted octanol–water partition coefficient (Wildman–Crippen LogP) is 2.91. The summed E-state index contributed by atoms with van der Waals surface area (Å²) in [5.74, 6) is 0.958. The topological polar surface area (TPSA) is 55.0 Å². The molecule has 0 bridgehead atoms. The van der Waals surface area contributed by atoms with E-state index in [-0.39, 0.29) is 0 Å². The maximum absolute atomic E-state index is 5.83. The average Bonchev–Trinajstić information content (AvgIpc) is 2.90. The highest BCUT2D eigenvalue weighted by molar-refractivity contribution is 5.93. The summed E-state index contributed by atoms with van der Waals surface area (Å²) in [7, 11) is 0. The molecule has 0 atom stereocenters. The highest BCUT2D eigenvalue weighted by atomic mass is 15.2. The summed E-state index contributed by atoms with van der Waals surface area (Å²) < 4.78 is 0. The van der Waals surface area contributed by atoms with Gasteiger partial charge in [-0.2, -0.15) is 0 Å². The number of nitrogen functional groups attached to an aromatic ring is 1. The molecule has 1 aliphatic heterocycles. The molecule has 2 aromatic carbocycles. The average molecular weight is 262 g/mol. The van der Waals surface area contributed by atoms with Crippen LogP contribution >= 0.6 is 0 Å². The van der Waals surface area contributed by atoms with Gasteiger partial charge >= 0.3 is 0 Å². The van der Waals surface area contributed by atoms with Crippen molar-refractivity contribution < 1.29 is 0 Å². The van der Waals surface area contributed by atoms with E-state index in [0.717, 1.165) is 35.4 Å². The number of anilines is 3. The van der Waals surface area contributed by atoms with Crippen LogP contribution in [0.2, 0.25) is 0 Å². The lowest BCUT2D eigenvalue weighted by atomic mass is 10.1. The van der Waals surface area contributed by atoms with Gasteiger partial charge in [0, 0.05) is 23.3 Å². The van der Waals surface area contributed by atoms with Crippen molar-refractivity contribution >= 4 is 28.1 Å². The van der Waals surface area contributed by atoms with Gasteiger partial charge in [-0.05, 0) is 36.2 Å². The van der Waals surface area contributed by atoms with Crippen LogP contribution in [0.5, 0.6) is 0 Å². The number of fused-ring (bicyclic) bond motifs is 2. The Hall–Kier alpha value is -2.62. The van der Waals surface area contributed by atoms with Crippen molar-refractivity contribution in [3.63, 3.8) is 0 Å². The zero-order valence-electron chi connectivity index (χ0n) is 11.0. The van der Waals surface area contributed by atoms with Crippen LogP contribution in [0.4, 0.5) is 17.2 Å². The standard InChI is InChI=1S/C16H14N4/c17-12-5-6-13-14(9-12)18-10-19-16(13)20-8-7-11-3-1-2-4-15(11)20/h1-6,9-10H,7-8,17H2. The molecule has 4 nitrogen and oxygen atoms in total. The van der Waals surface area contributed by atoms with Crippen molar-refractivity contribution in [3.05, 3.63) is 54.4 Å². The van der Waals surface area contributed by atoms with Crippen LogP contribution in [-0.2, 0) is 6.42 Å². The van der Waals surface area contributed by atoms with Gasteiger partial charge in [-0.3, -0.25) is 0 Å². The number of nitrogens with zero attached hydrogens (tertiary/aromatic N) is 3. The first-order valence-corrected chi connectivity index (χ1v) is 6.68. The molecule has 0 fully saturated rings. The summed E-state index contributed by atoms with van der Waals surface area (Å²) in [6.07, 6.45) is 2.66. The first-order chi connectivity index (χ1) is 9.83. The second kappa shape index (κ2) is 4.20. The maximum atomic E-state index is 5.83. The highest BCUT2D eigenvalue weighted by Crippen LogP contribution is 2.36. The van der Waals surface area contributed by atoms with E-state index < -0.39 is 0 Å². The SMILES string of the molecule is Nc1ccc2c(N3CCc4ccccc43)ncnc2c1. The number of benzene rings is 2. The summed E-state index contributed by atoms with van der Waals surface area (Å²) in [6, 6.07) is 14.3. The molecule has 1 aromatic heterocycles. The van der Waals surface area contributed by atoms with E-state index >= 15 is 0 Å². The summed E-state index contributed by atoms with van der Waals surface area (Å²) >= 11 is 0. The van der Waals surface area contributed by atoms with Crippen molar-refractivity contribution in [2.24, 2.45) is 0 Å². The first kappa shape index (κ1) is 11.2. The van der Waals surface area contributed by atoms with Gasteiger partial charge in [-0.1, -0.05) is 18.2 Å². The smallest absolute Gasteiger partial charge is 0.144 e. The monoisotopic (exact) mass is 262 g/mol. The van der Waals surface area contributed by atoms with E-state index in [0.29, 0.717) is 0 Å². The Bertz CT molecular complexity index is 797.